The van der Waals surface area contributed by atoms with E-state index in [1.807, 2.05) is 26.3 Å². The molecular formula is C7H14N2O2. The lowest BCUT2D eigenvalue weighted by atomic mass is 9.92. The van der Waals surface area contributed by atoms with E-state index in [0.717, 1.165) is 5.69 Å². The predicted molar refractivity (Wildman–Crippen MR) is 42.7 cm³/mol. The fraction of sp³-hybridized carbons (Fsp3) is 0.571. The van der Waals surface area contributed by atoms with Gasteiger partial charge in [-0.15, -0.1) is 0 Å². The van der Waals surface area contributed by atoms with Crippen molar-refractivity contribution < 1.29 is 11.2 Å². The van der Waals surface area contributed by atoms with Crippen LogP contribution in [-0.2, 0) is 5.41 Å². The number of nitrogens with zero attached hydrogens (tertiary/aromatic N) is 1. The van der Waals surface area contributed by atoms with Crippen molar-refractivity contribution in [3.8, 4) is 0 Å². The molecule has 11 heavy (non-hydrogen) atoms. The van der Waals surface area contributed by atoms with Gasteiger partial charge in [0, 0.05) is 12.9 Å². The van der Waals surface area contributed by atoms with Crippen LogP contribution in [0.3, 0.4) is 0 Å². The lowest BCUT2D eigenvalue weighted by Crippen LogP contribution is -2.10. The molecule has 0 spiro atoms. The van der Waals surface area contributed by atoms with E-state index in [4.69, 9.17) is 9.73 Å². The summed E-state index contributed by atoms with van der Waals surface area (Å²) in [4.78, 5) is 0. The van der Waals surface area contributed by atoms with Crippen LogP contribution in [0.25, 0.3) is 0 Å². The molecule has 4 heteroatoms. The van der Waals surface area contributed by atoms with Crippen LogP contribution >= 0.6 is 0 Å². The smallest absolute Gasteiger partial charge is 0.248 e. The molecule has 4 nitrogen and oxygen atoms in total. The Bertz CT molecular complexity index is 242. The first-order valence-corrected chi connectivity index (χ1v) is 3.41. The molecule has 0 atom stereocenters. The Hall–Kier alpha value is -1.03. The minimum Gasteiger partial charge on any atom is -0.336 e. The van der Waals surface area contributed by atoms with E-state index in [2.05, 4.69) is 5.16 Å². The van der Waals surface area contributed by atoms with E-state index >= 15 is 0 Å². The lowest BCUT2D eigenvalue weighted by molar-refractivity contribution is 0.332. The highest BCUT2D eigenvalue weighted by molar-refractivity contribution is 5.30. The topological polar surface area (TPSA) is 58.3 Å². The second-order valence-corrected chi connectivity index (χ2v) is 3.44. The molecule has 1 heterocycles. The maximum absolute atomic E-state index is 8.43. The summed E-state index contributed by atoms with van der Waals surface area (Å²) >= 11 is 0. The quantitative estimate of drug-likeness (QED) is 0.614. The van der Waals surface area contributed by atoms with Gasteiger partial charge in [-0.3, -0.25) is 5.21 Å². The van der Waals surface area contributed by atoms with E-state index < -0.39 is 0 Å². The Balaban J connectivity index is 0.00000121. The fourth-order valence-corrected chi connectivity index (χ4v) is 0.681. The van der Waals surface area contributed by atoms with Gasteiger partial charge in [-0.2, -0.15) is 0 Å². The van der Waals surface area contributed by atoms with Crippen LogP contribution in [0.15, 0.2) is 10.6 Å². The molecule has 0 amide bonds. The number of nitrogens with one attached hydrogen (secondary N) is 1. The van der Waals surface area contributed by atoms with Gasteiger partial charge >= 0.3 is 0 Å². The second kappa shape index (κ2) is 2.54. The third kappa shape index (κ3) is 1.71. The third-order valence-corrected chi connectivity index (χ3v) is 1.39. The predicted octanol–water partition coefficient (Wildman–Crippen LogP) is 2.02. The van der Waals surface area contributed by atoms with Crippen LogP contribution in [0, 0.1) is 0 Å². The molecule has 0 fully saturated rings. The summed E-state index contributed by atoms with van der Waals surface area (Å²) in [5, 5.41) is 12.2. The Kier molecular flexibility index (Phi) is 1.87. The van der Waals surface area contributed by atoms with Crippen LogP contribution in [0.2, 0.25) is 0 Å². The Morgan fingerprint density at radius 1 is 1.64 bits per heavy atom. The molecule has 0 aliphatic heterocycles. The summed E-state index contributed by atoms with van der Waals surface area (Å²) in [6, 6.07) is 1.67. The SMILES string of the molecule is CC(C)(C)c1cc(NO)on1.[HH]. The molecular weight excluding hydrogens is 144 g/mol. The zero-order valence-electron chi connectivity index (χ0n) is 6.88. The standard InChI is InChI=1S/C7H12N2O2.H2/c1-7(2,3)5-4-6(8-10)11-9-5;/h4,8,10H,1-3H3;1H. The zero-order valence-corrected chi connectivity index (χ0v) is 6.88. The molecule has 1 aromatic rings. The number of anilines is 1. The molecule has 0 aliphatic rings. The van der Waals surface area contributed by atoms with Crippen molar-refractivity contribution in [1.82, 2.24) is 5.16 Å². The monoisotopic (exact) mass is 158 g/mol. The normalized spacial score (nSPS) is 11.6. The van der Waals surface area contributed by atoms with Gasteiger partial charge < -0.3 is 4.52 Å². The van der Waals surface area contributed by atoms with Crippen molar-refractivity contribution in [1.29, 1.82) is 0 Å². The van der Waals surface area contributed by atoms with E-state index in [0.29, 0.717) is 0 Å². The average Bonchev–Trinajstić information content (AvgIpc) is 2.32. The Morgan fingerprint density at radius 3 is 2.55 bits per heavy atom. The molecule has 0 radical (unpaired) electrons. The summed E-state index contributed by atoms with van der Waals surface area (Å²) in [6.07, 6.45) is 0. The van der Waals surface area contributed by atoms with Crippen molar-refractivity contribution in [3.05, 3.63) is 11.8 Å². The summed E-state index contributed by atoms with van der Waals surface area (Å²) < 4.78 is 4.73. The van der Waals surface area contributed by atoms with Crippen LogP contribution < -0.4 is 5.48 Å². The van der Waals surface area contributed by atoms with E-state index in [-0.39, 0.29) is 12.7 Å². The highest BCUT2D eigenvalue weighted by Crippen LogP contribution is 2.22. The first-order chi connectivity index (χ1) is 5.04. The average molecular weight is 158 g/mol. The molecule has 2 N–H and O–H groups in total. The van der Waals surface area contributed by atoms with E-state index in [1.54, 1.807) is 6.07 Å². The van der Waals surface area contributed by atoms with Gasteiger partial charge in [0.2, 0.25) is 5.88 Å². The van der Waals surface area contributed by atoms with Crippen molar-refractivity contribution in [3.63, 3.8) is 0 Å². The van der Waals surface area contributed by atoms with Gasteiger partial charge in [0.05, 0.1) is 5.69 Å². The second-order valence-electron chi connectivity index (χ2n) is 3.44. The van der Waals surface area contributed by atoms with Gasteiger partial charge in [0.25, 0.3) is 0 Å². The summed E-state index contributed by atoms with van der Waals surface area (Å²) in [5.41, 5.74) is 2.66. The Morgan fingerprint density at radius 2 is 2.27 bits per heavy atom. The maximum Gasteiger partial charge on any atom is 0.248 e. The van der Waals surface area contributed by atoms with Gasteiger partial charge in [0.1, 0.15) is 0 Å². The molecule has 0 saturated carbocycles. The number of hydrogen-bond donors (Lipinski definition) is 2. The zero-order chi connectivity index (χ0) is 8.48. The van der Waals surface area contributed by atoms with Crippen molar-refractivity contribution >= 4 is 5.88 Å². The van der Waals surface area contributed by atoms with Gasteiger partial charge in [-0.25, -0.2) is 5.48 Å². The fourth-order valence-electron chi connectivity index (χ4n) is 0.681. The van der Waals surface area contributed by atoms with E-state index in [9.17, 15) is 0 Å². The third-order valence-electron chi connectivity index (χ3n) is 1.39. The molecule has 0 bridgehead atoms. The number of hydrogen-bond acceptors (Lipinski definition) is 4. The minimum absolute atomic E-state index is 0. The number of rotatable bonds is 1. The van der Waals surface area contributed by atoms with Gasteiger partial charge in [0.15, 0.2) is 0 Å². The van der Waals surface area contributed by atoms with E-state index in [1.165, 1.54) is 0 Å². The first kappa shape index (κ1) is 8.07. The molecule has 0 aromatic carbocycles. The lowest BCUT2D eigenvalue weighted by Gasteiger charge is -2.12. The van der Waals surface area contributed by atoms with Crippen molar-refractivity contribution in [2.45, 2.75) is 26.2 Å². The minimum atomic E-state index is -0.0431. The first-order valence-electron chi connectivity index (χ1n) is 3.41. The largest absolute Gasteiger partial charge is 0.336 e. The van der Waals surface area contributed by atoms with Crippen LogP contribution in [0.5, 0.6) is 0 Å². The van der Waals surface area contributed by atoms with Gasteiger partial charge in [-0.05, 0) is 0 Å². The number of aromatic nitrogens is 1. The molecule has 64 valence electrons. The van der Waals surface area contributed by atoms with Crippen LogP contribution in [0.4, 0.5) is 5.88 Å². The highest BCUT2D eigenvalue weighted by atomic mass is 16.5. The Labute approximate surface area is 66.6 Å². The van der Waals surface area contributed by atoms with Crippen LogP contribution in [0.1, 0.15) is 27.9 Å². The molecule has 0 unspecified atom stereocenters. The van der Waals surface area contributed by atoms with Crippen molar-refractivity contribution in [2.24, 2.45) is 0 Å². The molecule has 0 saturated heterocycles. The molecule has 0 aliphatic carbocycles. The van der Waals surface area contributed by atoms with Gasteiger partial charge in [-0.1, -0.05) is 25.9 Å². The molecule has 1 rings (SSSR count). The summed E-state index contributed by atoms with van der Waals surface area (Å²) in [5.74, 6) is 0.273. The summed E-state index contributed by atoms with van der Waals surface area (Å²) in [7, 11) is 0. The van der Waals surface area contributed by atoms with Crippen molar-refractivity contribution in [2.75, 3.05) is 5.48 Å². The molecule has 1 aromatic heterocycles. The highest BCUT2D eigenvalue weighted by Gasteiger charge is 2.18. The van der Waals surface area contributed by atoms with Crippen LogP contribution in [-0.4, -0.2) is 10.4 Å². The maximum atomic E-state index is 8.43. The summed E-state index contributed by atoms with van der Waals surface area (Å²) in [6.45, 7) is 6.06.